The normalized spacial score (nSPS) is 24.4. The largest absolute Gasteiger partial charge is 0.508 e. The number of thioether (sulfide) groups is 1. The van der Waals surface area contributed by atoms with Gasteiger partial charge in [0.2, 0.25) is 100 Å². The highest BCUT2D eigenvalue weighted by Gasteiger charge is 2.47. The number of carbonyl (C=O) groups excluding carboxylic acids is 17. The van der Waals surface area contributed by atoms with Crippen LogP contribution in [0.15, 0.2) is 96.9 Å². The summed E-state index contributed by atoms with van der Waals surface area (Å²) in [6.45, 7) is 7.21. The SMILES string of the molecule is CCCC[C@H]1C(=O)N(C)[C@@H](CCCC)C(=O)N[C@@H](CCCNC(=N)N)C(=O)NC(C(=O)NCC(N)=O)CSCC(=O)N[C@@H](Cc2ccc(O)cc2)C(=O)NC(C)(C)C(=O)N[C@@H](CC(N)=O)C(=O)N2CCC[C@H]2C(=O)N[C@@H](Cc2c[nH]cn2)C(=O)N[C@@H](CC(C)C)C(=O)N2C[C@H](O)C[C@H]2C(=O)N[C@@H](Cc2c[nH]c3ccccc23)C(=O)N[C@@H](CO)C(=O)N[C@@H](Cc2csc3ccccc23)C(=O)N1C. The summed E-state index contributed by atoms with van der Waals surface area (Å²) in [5.74, 6) is -18.3. The number of carbonyl (C=O) groups is 17. The molecule has 0 radical (unpaired) electrons. The Bertz CT molecular complexity index is 5270. The molecule has 24 N–H and O–H groups in total. The Labute approximate surface area is 794 Å². The lowest BCUT2D eigenvalue weighted by Crippen LogP contribution is -2.63. The molecule has 3 aliphatic rings. The maximum absolute atomic E-state index is 15.8. The summed E-state index contributed by atoms with van der Waals surface area (Å²) in [5.41, 5.74) is 17.1. The number of aromatic hydroxyl groups is 1. The van der Waals surface area contributed by atoms with Crippen molar-refractivity contribution in [2.75, 3.05) is 58.4 Å². The number of fused-ring (bicyclic) bond motifs is 4. The molecule has 738 valence electrons. The van der Waals surface area contributed by atoms with E-state index in [1.807, 2.05) is 32.0 Å². The summed E-state index contributed by atoms with van der Waals surface area (Å²) in [7, 11) is 2.70. The summed E-state index contributed by atoms with van der Waals surface area (Å²) in [5, 5.41) is 75.5. The Morgan fingerprint density at radius 1 is 0.596 bits per heavy atom. The standard InChI is InChI=1S/C91H127N23O20S2/c1-9-11-23-68-82(127)102-59(22-17-31-97-90(94)95)77(122)108-67(76(121)99-42-74(93)119)46-135-47-75(120)101-60(34-50-27-29-54(116)30-28-50)81(126)110-91(5,6)89(134)109-65(39-73(92)118)86(131)113-32-18-25-69(113)83(128)104-62(37-53-41-96-48-100-53)79(124)105-63(33-49(3)4)87(132)114-43-55(117)38-71(114)84(129)103-61(35-51-40-98-58-21-15-13-19-56(51)58)78(123)107-66(44-115)80(125)106-64(36-52-45-136-72-26-16-14-20-57(52)72)85(130)112(8)70(24-12-10-2)88(133)111(68)7/h13-16,19-21,26-30,40-41,45,48-49,55,59-71,98,115-117H,9-12,17-18,22-25,31-39,42-44,46-47H2,1-8H3,(H2,92,118)(H2,93,119)(H,96,100)(H,99,121)(H,101,120)(H,102,127)(H,103,129)(H,104,128)(H,105,124)(H,106,125)(H,107,123)(H,108,122)(H,109,134)(H,110,126)(H4,94,95,97)/t55-,59+,60+,61+,62+,63+,64+,65+,66+,67?,68+,69+,70+,71+/m1/s1. The fraction of sp³-hybridized carbons (Fsp3) is 0.527. The number of H-pyrrole nitrogens is 2. The number of nitrogens with zero attached hydrogens (tertiary/aromatic N) is 5. The van der Waals surface area contributed by atoms with E-state index < -0.39 is 241 Å². The van der Waals surface area contributed by atoms with Gasteiger partial charge in [0.1, 0.15) is 89.8 Å². The molecule has 0 aliphatic carbocycles. The van der Waals surface area contributed by atoms with Crippen LogP contribution in [0.2, 0.25) is 0 Å². The van der Waals surface area contributed by atoms with Crippen LogP contribution in [0, 0.1) is 11.3 Å². The molecule has 1 unspecified atom stereocenters. The number of aliphatic hydroxyl groups is 2. The number of amides is 17. The van der Waals surface area contributed by atoms with Crippen LogP contribution in [0.1, 0.15) is 147 Å². The minimum Gasteiger partial charge on any atom is -0.508 e. The summed E-state index contributed by atoms with van der Waals surface area (Å²) in [6.07, 6.45) is 2.08. The number of hydrogen-bond acceptors (Lipinski definition) is 24. The van der Waals surface area contributed by atoms with Gasteiger partial charge in [0, 0.05) is 99.6 Å². The average molecular weight is 1930 g/mol. The molecule has 6 aromatic rings. The van der Waals surface area contributed by atoms with E-state index in [0.717, 1.165) is 36.1 Å². The van der Waals surface area contributed by atoms with Gasteiger partial charge in [-0.25, -0.2) is 4.98 Å². The molecule has 14 atom stereocenters. The molecule has 43 nitrogen and oxygen atoms in total. The van der Waals surface area contributed by atoms with Crippen LogP contribution in [0.25, 0.3) is 21.0 Å². The second kappa shape index (κ2) is 50.3. The number of phenols is 1. The monoisotopic (exact) mass is 1930 g/mol. The molecule has 3 aromatic carbocycles. The first-order valence-corrected chi connectivity index (χ1v) is 47.5. The van der Waals surface area contributed by atoms with Gasteiger partial charge in [-0.2, -0.15) is 0 Å². The number of nitrogens with two attached hydrogens (primary N) is 3. The molecule has 3 aromatic heterocycles. The number of primary amides is 2. The number of benzene rings is 3. The zero-order valence-electron chi connectivity index (χ0n) is 77.4. The molecule has 6 heterocycles. The van der Waals surface area contributed by atoms with Gasteiger partial charge in [0.05, 0.1) is 43.5 Å². The minimum absolute atomic E-state index is 0.00606. The van der Waals surface area contributed by atoms with E-state index in [2.05, 4.69) is 78.8 Å². The second-order valence-corrected chi connectivity index (χ2v) is 37.3. The zero-order chi connectivity index (χ0) is 99.4. The summed E-state index contributed by atoms with van der Waals surface area (Å²) >= 11 is 2.10. The van der Waals surface area contributed by atoms with Gasteiger partial charge >= 0.3 is 0 Å². The number of aromatic amines is 2. The van der Waals surface area contributed by atoms with E-state index in [1.54, 1.807) is 55.8 Å². The number of likely N-dealkylation sites (N-methyl/N-ethyl adjacent to an activating group) is 2. The van der Waals surface area contributed by atoms with Crippen molar-refractivity contribution in [3.8, 4) is 5.75 Å². The Morgan fingerprint density at radius 2 is 1.19 bits per heavy atom. The fourth-order valence-electron chi connectivity index (χ4n) is 16.6. The number of para-hydroxylation sites is 1. The molecule has 0 saturated carbocycles. The van der Waals surface area contributed by atoms with E-state index in [0.29, 0.717) is 58.7 Å². The summed E-state index contributed by atoms with van der Waals surface area (Å²) in [4.78, 5) is 265. The van der Waals surface area contributed by atoms with Crippen LogP contribution in [0.4, 0.5) is 0 Å². The molecular weight excluding hydrogens is 1800 g/mol. The first-order valence-electron chi connectivity index (χ1n) is 45.4. The van der Waals surface area contributed by atoms with Crippen molar-refractivity contribution in [1.82, 2.24) is 98.4 Å². The number of hydrogen-bond donors (Lipinski definition) is 21. The van der Waals surface area contributed by atoms with Crippen molar-refractivity contribution < 1.29 is 96.8 Å². The predicted octanol–water partition coefficient (Wildman–Crippen LogP) is -2.15. The van der Waals surface area contributed by atoms with Gasteiger partial charge in [0.25, 0.3) is 0 Å². The van der Waals surface area contributed by atoms with Gasteiger partial charge in [-0.1, -0.05) is 102 Å². The smallest absolute Gasteiger partial charge is 0.246 e. The van der Waals surface area contributed by atoms with Crippen molar-refractivity contribution >= 4 is 150 Å². The van der Waals surface area contributed by atoms with Crippen LogP contribution < -0.4 is 81.0 Å². The molecule has 136 heavy (non-hydrogen) atoms. The number of guanidine groups is 1. The second-order valence-electron chi connectivity index (χ2n) is 35.3. The van der Waals surface area contributed by atoms with Crippen molar-refractivity contribution in [2.24, 2.45) is 23.1 Å². The Morgan fingerprint density at radius 3 is 1.85 bits per heavy atom. The van der Waals surface area contributed by atoms with E-state index in [1.165, 1.54) is 76.1 Å². The zero-order valence-corrected chi connectivity index (χ0v) is 79.1. The van der Waals surface area contributed by atoms with Gasteiger partial charge in [-0.05, 0) is 116 Å². The molecular formula is C91H127N23O20S2. The predicted molar refractivity (Wildman–Crippen MR) is 503 cm³/mol. The maximum atomic E-state index is 15.8. The molecule has 9 rings (SSSR count). The molecule has 0 spiro atoms. The Hall–Kier alpha value is -13.3. The Balaban J connectivity index is 1.10. The van der Waals surface area contributed by atoms with Gasteiger partial charge in [-0.15, -0.1) is 23.1 Å². The van der Waals surface area contributed by atoms with Gasteiger partial charge in [-0.3, -0.25) is 86.9 Å². The number of aliphatic hydroxyl groups excluding tert-OH is 2. The van der Waals surface area contributed by atoms with Crippen LogP contribution in [0.5, 0.6) is 5.75 Å². The molecule has 3 aliphatic heterocycles. The van der Waals surface area contributed by atoms with Crippen molar-refractivity contribution in [3.05, 3.63) is 119 Å². The first-order chi connectivity index (χ1) is 64.7. The number of rotatable bonds is 26. The number of unbranched alkanes of at least 4 members (excludes halogenated alkanes) is 2. The summed E-state index contributed by atoms with van der Waals surface area (Å²) < 4.78 is 0.810. The highest BCUT2D eigenvalue weighted by atomic mass is 32.2. The van der Waals surface area contributed by atoms with Crippen LogP contribution in [0.3, 0.4) is 0 Å². The van der Waals surface area contributed by atoms with Gasteiger partial charge < -0.3 is 126 Å². The lowest BCUT2D eigenvalue weighted by Gasteiger charge is -2.36. The summed E-state index contributed by atoms with van der Waals surface area (Å²) in [6, 6.07) is -0.650. The molecule has 45 heteroatoms. The number of aromatic nitrogens is 3. The highest BCUT2D eigenvalue weighted by Crippen LogP contribution is 2.30. The Kier molecular flexibility index (Phi) is 39.4. The van der Waals surface area contributed by atoms with E-state index >= 15 is 38.4 Å². The molecule has 3 saturated heterocycles. The van der Waals surface area contributed by atoms with Crippen LogP contribution in [-0.2, 0) is 107 Å². The van der Waals surface area contributed by atoms with Crippen molar-refractivity contribution in [1.29, 1.82) is 5.41 Å². The minimum atomic E-state index is -2.03. The number of nitrogens with one attached hydrogen (secondary N) is 15. The van der Waals surface area contributed by atoms with Crippen LogP contribution in [-0.4, -0.2) is 305 Å². The molecule has 3 fully saturated rings. The first kappa shape index (κ1) is 106. The molecule has 0 bridgehead atoms. The number of imidazole rings is 1. The third kappa shape index (κ3) is 29.8. The third-order valence-corrected chi connectivity index (χ3v) is 25.9. The topological polar surface area (TPSA) is 655 Å². The van der Waals surface area contributed by atoms with E-state index in [4.69, 9.17) is 22.6 Å². The van der Waals surface area contributed by atoms with Gasteiger partial charge in [0.15, 0.2) is 5.96 Å². The number of phenolic OH excluding ortho intramolecular Hbond substituents is 1. The van der Waals surface area contributed by atoms with Crippen LogP contribution >= 0.6 is 23.1 Å². The lowest BCUT2D eigenvalue weighted by molar-refractivity contribution is -0.149. The number of thiophene rings is 1. The lowest BCUT2D eigenvalue weighted by atomic mass is 9.99. The average Bonchev–Trinajstić information content (AvgIpc) is 1.75. The fourth-order valence-corrected chi connectivity index (χ4v) is 18.4. The quantitative estimate of drug-likeness (QED) is 0.0156. The maximum Gasteiger partial charge on any atom is 0.246 e. The van der Waals surface area contributed by atoms with E-state index in [9.17, 15) is 58.5 Å². The third-order valence-electron chi connectivity index (χ3n) is 23.9. The highest BCUT2D eigenvalue weighted by molar-refractivity contribution is 8.00. The molecule has 17 amide bonds. The van der Waals surface area contributed by atoms with Crippen molar-refractivity contribution in [3.63, 3.8) is 0 Å². The van der Waals surface area contributed by atoms with E-state index in [-0.39, 0.29) is 101 Å². The van der Waals surface area contributed by atoms with Crippen molar-refractivity contribution in [2.45, 2.75) is 241 Å².